The Labute approximate surface area is 190 Å². The normalized spacial score (nSPS) is 27.2. The van der Waals surface area contributed by atoms with Crippen LogP contribution >= 0.6 is 11.6 Å². The molecular formula is C22H26ClN5O4. The van der Waals surface area contributed by atoms with E-state index in [1.165, 1.54) is 13.3 Å². The lowest BCUT2D eigenvalue weighted by Gasteiger charge is -2.43. The Kier molecular flexibility index (Phi) is 5.13. The predicted molar refractivity (Wildman–Crippen MR) is 116 cm³/mol. The second-order valence-electron chi connectivity index (χ2n) is 9.30. The van der Waals surface area contributed by atoms with E-state index in [4.69, 9.17) is 21.1 Å². The number of rotatable bonds is 5. The van der Waals surface area contributed by atoms with Crippen LogP contribution in [0.5, 0.6) is 5.88 Å². The number of H-pyrrole nitrogens is 1. The van der Waals surface area contributed by atoms with Gasteiger partial charge in [-0.2, -0.15) is 5.10 Å². The number of methoxy groups -OCH3 is 1. The average Bonchev–Trinajstić information content (AvgIpc) is 3.47. The smallest absolute Gasteiger partial charge is 0.274 e. The molecule has 4 aliphatic rings. The highest BCUT2D eigenvalue weighted by Gasteiger charge is 2.60. The van der Waals surface area contributed by atoms with Gasteiger partial charge in [0.25, 0.3) is 5.91 Å². The minimum atomic E-state index is -0.179. The van der Waals surface area contributed by atoms with E-state index in [1.807, 2.05) is 0 Å². The number of nitrogens with zero attached hydrogens (tertiary/aromatic N) is 3. The summed E-state index contributed by atoms with van der Waals surface area (Å²) in [7, 11) is 1.52. The number of nitrogens with one attached hydrogen (secondary N) is 2. The lowest BCUT2D eigenvalue weighted by Crippen LogP contribution is -2.60. The molecule has 170 valence electrons. The zero-order valence-electron chi connectivity index (χ0n) is 18.1. The van der Waals surface area contributed by atoms with Crippen LogP contribution in [0.3, 0.4) is 0 Å². The van der Waals surface area contributed by atoms with Gasteiger partial charge in [0, 0.05) is 43.5 Å². The fraction of sp³-hybridized carbons (Fsp3) is 0.545. The second kappa shape index (κ2) is 7.74. The Morgan fingerprint density at radius 1 is 1.31 bits per heavy atom. The summed E-state index contributed by atoms with van der Waals surface area (Å²) in [6, 6.07) is 3.36. The quantitative estimate of drug-likeness (QED) is 0.710. The molecule has 0 spiro atoms. The highest BCUT2D eigenvalue weighted by atomic mass is 35.5. The summed E-state index contributed by atoms with van der Waals surface area (Å²) in [6.45, 7) is 3.73. The maximum Gasteiger partial charge on any atom is 0.274 e. The second-order valence-corrected chi connectivity index (χ2v) is 9.71. The molecule has 3 saturated heterocycles. The molecule has 2 N–H and O–H groups in total. The van der Waals surface area contributed by atoms with Crippen LogP contribution in [0.1, 0.15) is 43.1 Å². The molecule has 32 heavy (non-hydrogen) atoms. The van der Waals surface area contributed by atoms with E-state index in [-0.39, 0.29) is 28.9 Å². The molecule has 10 heteroatoms. The number of hydrogen-bond donors (Lipinski definition) is 2. The molecule has 2 aromatic heterocycles. The molecule has 9 nitrogen and oxygen atoms in total. The third-order valence-corrected chi connectivity index (χ3v) is 7.09. The molecule has 4 fully saturated rings. The Bertz CT molecular complexity index is 1060. The van der Waals surface area contributed by atoms with Gasteiger partial charge >= 0.3 is 0 Å². The molecule has 6 rings (SSSR count). The summed E-state index contributed by atoms with van der Waals surface area (Å²) < 4.78 is 10.9. The van der Waals surface area contributed by atoms with Gasteiger partial charge in [0.05, 0.1) is 41.8 Å². The summed E-state index contributed by atoms with van der Waals surface area (Å²) >= 11 is 6.25. The Morgan fingerprint density at radius 3 is 2.72 bits per heavy atom. The van der Waals surface area contributed by atoms with E-state index in [0.717, 1.165) is 12.8 Å². The molecule has 5 heterocycles. The van der Waals surface area contributed by atoms with Gasteiger partial charge in [-0.05, 0) is 25.8 Å². The number of ether oxygens (including phenoxy) is 2. The summed E-state index contributed by atoms with van der Waals surface area (Å²) in [5.41, 5.74) is 1.34. The van der Waals surface area contributed by atoms with Crippen molar-refractivity contribution in [2.75, 3.05) is 26.8 Å². The summed E-state index contributed by atoms with van der Waals surface area (Å²) in [4.78, 5) is 31.5. The van der Waals surface area contributed by atoms with Gasteiger partial charge in [0.15, 0.2) is 5.69 Å². The number of carbonyl (C=O) groups excluding carboxylic acids is 2. The van der Waals surface area contributed by atoms with Crippen LogP contribution in [0.25, 0.3) is 11.3 Å². The maximum atomic E-state index is 13.0. The first kappa shape index (κ1) is 21.2. The first-order valence-electron chi connectivity index (χ1n) is 10.8. The van der Waals surface area contributed by atoms with Crippen molar-refractivity contribution < 1.29 is 19.1 Å². The highest BCUT2D eigenvalue weighted by molar-refractivity contribution is 6.33. The number of piperidine rings is 1. The molecule has 2 aromatic rings. The molecule has 0 unspecified atom stereocenters. The van der Waals surface area contributed by atoms with Crippen molar-refractivity contribution in [3.8, 4) is 17.1 Å². The topological polar surface area (TPSA) is 109 Å². The number of pyridine rings is 1. The van der Waals surface area contributed by atoms with Gasteiger partial charge in [0.1, 0.15) is 0 Å². The number of aromatic amines is 1. The van der Waals surface area contributed by atoms with Crippen molar-refractivity contribution in [3.05, 3.63) is 29.0 Å². The monoisotopic (exact) mass is 459 g/mol. The average molecular weight is 460 g/mol. The summed E-state index contributed by atoms with van der Waals surface area (Å²) in [6.07, 6.45) is 4.54. The van der Waals surface area contributed by atoms with E-state index in [2.05, 4.69) is 27.4 Å². The lowest BCUT2D eigenvalue weighted by molar-refractivity contribution is -0.129. The van der Waals surface area contributed by atoms with Crippen LogP contribution in [0.4, 0.5) is 0 Å². The van der Waals surface area contributed by atoms with Crippen LogP contribution in [0, 0.1) is 5.92 Å². The van der Waals surface area contributed by atoms with E-state index < -0.39 is 0 Å². The molecular weight excluding hydrogens is 434 g/mol. The van der Waals surface area contributed by atoms with E-state index in [1.54, 1.807) is 17.0 Å². The van der Waals surface area contributed by atoms with Crippen LogP contribution < -0.4 is 10.1 Å². The minimum absolute atomic E-state index is 0.0584. The maximum absolute atomic E-state index is 13.0. The first-order valence-corrected chi connectivity index (χ1v) is 11.2. The summed E-state index contributed by atoms with van der Waals surface area (Å²) in [5.74, 6) is 0.246. The Hall–Kier alpha value is -2.65. The van der Waals surface area contributed by atoms with Crippen molar-refractivity contribution in [1.29, 1.82) is 0 Å². The zero-order chi connectivity index (χ0) is 22.5. The van der Waals surface area contributed by atoms with Gasteiger partial charge in [-0.15, -0.1) is 0 Å². The molecule has 1 aliphatic carbocycles. The van der Waals surface area contributed by atoms with Crippen molar-refractivity contribution in [1.82, 2.24) is 25.4 Å². The SMILES string of the molecule is COc1cc(-c2cc(C(=O)N3CCC(C(=O)NC45COC(C)(C4)C5)CC3)n[nH]2)c(Cl)cn1. The van der Waals surface area contributed by atoms with Gasteiger partial charge < -0.3 is 19.7 Å². The van der Waals surface area contributed by atoms with Crippen LogP contribution in [-0.2, 0) is 9.53 Å². The Morgan fingerprint density at radius 2 is 2.06 bits per heavy atom. The molecule has 0 radical (unpaired) electrons. The first-order chi connectivity index (χ1) is 15.3. The number of halogens is 1. The molecule has 3 aliphatic heterocycles. The van der Waals surface area contributed by atoms with Crippen molar-refractivity contribution in [3.63, 3.8) is 0 Å². The number of likely N-dealkylation sites (tertiary alicyclic amines) is 1. The molecule has 1 saturated carbocycles. The van der Waals surface area contributed by atoms with Crippen LogP contribution in [-0.4, -0.2) is 69.8 Å². The third-order valence-electron chi connectivity index (χ3n) is 6.79. The lowest BCUT2D eigenvalue weighted by atomic mass is 9.69. The van der Waals surface area contributed by atoms with Gasteiger partial charge in [-0.1, -0.05) is 11.6 Å². The fourth-order valence-corrected chi connectivity index (χ4v) is 5.40. The Balaban J connectivity index is 1.19. The number of hydrogen-bond acceptors (Lipinski definition) is 6. The number of amides is 2. The van der Waals surface area contributed by atoms with Crippen molar-refractivity contribution in [2.45, 2.75) is 43.7 Å². The number of carbonyl (C=O) groups is 2. The number of fused-ring (bicyclic) bond motifs is 1. The van der Waals surface area contributed by atoms with Gasteiger partial charge in [0.2, 0.25) is 11.8 Å². The molecule has 0 atom stereocenters. The van der Waals surface area contributed by atoms with Crippen molar-refractivity contribution >= 4 is 23.4 Å². The largest absolute Gasteiger partial charge is 0.481 e. The molecule has 0 aromatic carbocycles. The zero-order valence-corrected chi connectivity index (χ0v) is 18.9. The number of aromatic nitrogens is 3. The minimum Gasteiger partial charge on any atom is -0.481 e. The molecule has 2 bridgehead atoms. The summed E-state index contributed by atoms with van der Waals surface area (Å²) in [5, 5.41) is 10.7. The standard InChI is InChI=1S/C22H26ClN5O4/c1-21-10-22(11-21,12-32-21)25-19(29)13-3-5-28(6-4-13)20(30)17-8-16(26-27-17)14-7-18(31-2)24-9-15(14)23/h7-9,13H,3-6,10-12H2,1-2H3,(H,25,29)(H,26,27). The van der Waals surface area contributed by atoms with E-state index >= 15 is 0 Å². The van der Waals surface area contributed by atoms with Crippen molar-refractivity contribution in [2.24, 2.45) is 5.92 Å². The van der Waals surface area contributed by atoms with E-state index in [0.29, 0.717) is 60.4 Å². The van der Waals surface area contributed by atoms with E-state index in [9.17, 15) is 9.59 Å². The fourth-order valence-electron chi connectivity index (χ4n) is 5.20. The van der Waals surface area contributed by atoms with Crippen LogP contribution in [0.2, 0.25) is 5.02 Å². The predicted octanol–water partition coefficient (Wildman–Crippen LogP) is 2.42. The highest BCUT2D eigenvalue weighted by Crippen LogP contribution is 2.51. The molecule has 2 amide bonds. The van der Waals surface area contributed by atoms with Gasteiger partial charge in [-0.25, -0.2) is 4.98 Å². The third kappa shape index (κ3) is 3.73. The van der Waals surface area contributed by atoms with Crippen LogP contribution in [0.15, 0.2) is 18.3 Å². The van der Waals surface area contributed by atoms with Gasteiger partial charge in [-0.3, -0.25) is 14.7 Å².